The van der Waals surface area contributed by atoms with Crippen molar-refractivity contribution in [2.45, 2.75) is 24.3 Å². The summed E-state index contributed by atoms with van der Waals surface area (Å²) in [4.78, 5) is 12.1. The fraction of sp³-hybridized carbons (Fsp3) is 0.235. The number of thioether (sulfide) groups is 1. The number of benzene rings is 2. The van der Waals surface area contributed by atoms with Crippen molar-refractivity contribution in [1.29, 1.82) is 0 Å². The van der Waals surface area contributed by atoms with Crippen LogP contribution in [-0.2, 0) is 4.79 Å². The lowest BCUT2D eigenvalue weighted by Crippen LogP contribution is -2.23. The van der Waals surface area contributed by atoms with E-state index in [2.05, 4.69) is 5.32 Å². The molecule has 116 valence electrons. The molecule has 0 spiro atoms. The third-order valence-electron chi connectivity index (χ3n) is 3.23. The van der Waals surface area contributed by atoms with Gasteiger partial charge in [-0.1, -0.05) is 30.3 Å². The Morgan fingerprint density at radius 3 is 2.36 bits per heavy atom. The van der Waals surface area contributed by atoms with Gasteiger partial charge in [0.2, 0.25) is 5.91 Å². The first-order valence-corrected chi connectivity index (χ1v) is 7.88. The fourth-order valence-corrected chi connectivity index (χ4v) is 3.10. The van der Waals surface area contributed by atoms with Gasteiger partial charge in [0.15, 0.2) is 11.6 Å². The van der Waals surface area contributed by atoms with Crippen LogP contribution in [-0.4, -0.2) is 11.2 Å². The van der Waals surface area contributed by atoms with Crippen molar-refractivity contribution in [1.82, 2.24) is 0 Å². The van der Waals surface area contributed by atoms with Gasteiger partial charge in [0.1, 0.15) is 0 Å². The summed E-state index contributed by atoms with van der Waals surface area (Å²) in [5, 5.41) is 2.44. The van der Waals surface area contributed by atoms with Gasteiger partial charge in [-0.2, -0.15) is 0 Å². The Morgan fingerprint density at radius 2 is 1.73 bits per heavy atom. The van der Waals surface area contributed by atoms with E-state index in [4.69, 9.17) is 0 Å². The smallest absolute Gasteiger partial charge is 0.237 e. The van der Waals surface area contributed by atoms with E-state index in [0.717, 1.165) is 17.7 Å². The van der Waals surface area contributed by atoms with Crippen LogP contribution in [0.4, 0.5) is 14.5 Å². The second kappa shape index (κ2) is 7.40. The van der Waals surface area contributed by atoms with E-state index in [1.807, 2.05) is 37.3 Å². The van der Waals surface area contributed by atoms with Crippen LogP contribution in [0.2, 0.25) is 0 Å². The molecule has 0 saturated carbocycles. The summed E-state index contributed by atoms with van der Waals surface area (Å²) in [7, 11) is 0. The summed E-state index contributed by atoms with van der Waals surface area (Å²) < 4.78 is 26.0. The van der Waals surface area contributed by atoms with E-state index >= 15 is 0 Å². The van der Waals surface area contributed by atoms with E-state index in [-0.39, 0.29) is 22.1 Å². The maximum absolute atomic E-state index is 13.1. The van der Waals surface area contributed by atoms with Crippen LogP contribution in [0.1, 0.15) is 24.7 Å². The summed E-state index contributed by atoms with van der Waals surface area (Å²) in [6, 6.07) is 13.2. The number of hydrogen-bond donors (Lipinski definition) is 1. The van der Waals surface area contributed by atoms with Gasteiger partial charge in [-0.05, 0) is 31.5 Å². The number of carbonyl (C=O) groups excluding carboxylic acids is 1. The van der Waals surface area contributed by atoms with Crippen LogP contribution in [0, 0.1) is 11.6 Å². The van der Waals surface area contributed by atoms with Crippen molar-refractivity contribution in [3.63, 3.8) is 0 Å². The monoisotopic (exact) mass is 321 g/mol. The Bertz CT molecular complexity index is 648. The molecule has 2 aromatic rings. The summed E-state index contributed by atoms with van der Waals surface area (Å²) in [6.45, 7) is 3.82. The number of rotatable bonds is 5. The van der Waals surface area contributed by atoms with Gasteiger partial charge in [-0.15, -0.1) is 11.8 Å². The number of hydrogen-bond acceptors (Lipinski definition) is 2. The maximum Gasteiger partial charge on any atom is 0.237 e. The maximum atomic E-state index is 13.1. The van der Waals surface area contributed by atoms with Gasteiger partial charge < -0.3 is 5.32 Å². The van der Waals surface area contributed by atoms with Crippen molar-refractivity contribution in [3.05, 3.63) is 65.7 Å². The molecule has 0 aromatic heterocycles. The Labute approximate surface area is 132 Å². The molecule has 0 saturated heterocycles. The predicted molar refractivity (Wildman–Crippen MR) is 86.9 cm³/mol. The Balaban J connectivity index is 1.95. The molecule has 1 N–H and O–H groups in total. The molecule has 22 heavy (non-hydrogen) atoms. The van der Waals surface area contributed by atoms with E-state index in [1.54, 1.807) is 6.92 Å². The molecule has 0 fully saturated rings. The first kappa shape index (κ1) is 16.5. The molecule has 2 rings (SSSR count). The van der Waals surface area contributed by atoms with Crippen LogP contribution >= 0.6 is 11.8 Å². The fourth-order valence-electron chi connectivity index (χ4n) is 1.99. The van der Waals surface area contributed by atoms with E-state index in [9.17, 15) is 13.6 Å². The molecule has 5 heteroatoms. The molecule has 1 amide bonds. The Morgan fingerprint density at radius 1 is 1.05 bits per heavy atom. The lowest BCUT2D eigenvalue weighted by molar-refractivity contribution is -0.115. The minimum atomic E-state index is -0.976. The summed E-state index contributed by atoms with van der Waals surface area (Å²) in [6.07, 6.45) is 0. The molecule has 2 unspecified atom stereocenters. The quantitative estimate of drug-likeness (QED) is 0.858. The zero-order valence-corrected chi connectivity index (χ0v) is 13.2. The Kier molecular flexibility index (Phi) is 5.55. The predicted octanol–water partition coefficient (Wildman–Crippen LogP) is 4.79. The van der Waals surface area contributed by atoms with Crippen molar-refractivity contribution in [3.8, 4) is 0 Å². The number of anilines is 1. The molecule has 2 nitrogen and oxygen atoms in total. The average Bonchev–Trinajstić information content (AvgIpc) is 2.51. The van der Waals surface area contributed by atoms with Gasteiger partial charge in [0.25, 0.3) is 0 Å². The van der Waals surface area contributed by atoms with Crippen molar-refractivity contribution >= 4 is 23.4 Å². The van der Waals surface area contributed by atoms with E-state index < -0.39 is 11.6 Å². The van der Waals surface area contributed by atoms with Crippen molar-refractivity contribution in [2.24, 2.45) is 0 Å². The number of halogens is 2. The molecule has 2 aromatic carbocycles. The second-order valence-corrected chi connectivity index (χ2v) is 6.64. The van der Waals surface area contributed by atoms with E-state index in [1.165, 1.54) is 17.8 Å². The third-order valence-corrected chi connectivity index (χ3v) is 4.54. The number of carbonyl (C=O) groups is 1. The van der Waals surface area contributed by atoms with Crippen molar-refractivity contribution < 1.29 is 13.6 Å². The lowest BCUT2D eigenvalue weighted by Gasteiger charge is -2.17. The number of amides is 1. The zero-order valence-electron chi connectivity index (χ0n) is 12.3. The molecule has 0 heterocycles. The van der Waals surface area contributed by atoms with Crippen LogP contribution in [0.25, 0.3) is 0 Å². The highest BCUT2D eigenvalue weighted by Crippen LogP contribution is 2.32. The van der Waals surface area contributed by atoms with Crippen LogP contribution in [0.5, 0.6) is 0 Å². The second-order valence-electron chi connectivity index (χ2n) is 4.95. The van der Waals surface area contributed by atoms with Gasteiger partial charge in [0.05, 0.1) is 5.25 Å². The lowest BCUT2D eigenvalue weighted by atomic mass is 10.2. The highest BCUT2D eigenvalue weighted by molar-refractivity contribution is 8.00. The molecule has 2 atom stereocenters. The normalized spacial score (nSPS) is 13.5. The Hall–Kier alpha value is -1.88. The SMILES string of the molecule is CC(SC(C)c1ccccc1)C(=O)Nc1ccc(F)c(F)c1. The summed E-state index contributed by atoms with van der Waals surface area (Å²) in [5.74, 6) is -2.15. The molecule has 0 aliphatic carbocycles. The average molecular weight is 321 g/mol. The van der Waals surface area contributed by atoms with E-state index in [0.29, 0.717) is 0 Å². The van der Waals surface area contributed by atoms with Gasteiger partial charge in [0, 0.05) is 17.0 Å². The van der Waals surface area contributed by atoms with Crippen molar-refractivity contribution in [2.75, 3.05) is 5.32 Å². The summed E-state index contributed by atoms with van der Waals surface area (Å²) >= 11 is 1.51. The van der Waals surface area contributed by atoms with Gasteiger partial charge in [-0.3, -0.25) is 4.79 Å². The highest BCUT2D eigenvalue weighted by atomic mass is 32.2. The molecular weight excluding hydrogens is 304 g/mol. The minimum Gasteiger partial charge on any atom is -0.325 e. The zero-order chi connectivity index (χ0) is 16.1. The first-order valence-electron chi connectivity index (χ1n) is 6.93. The van der Waals surface area contributed by atoms with Crippen LogP contribution in [0.15, 0.2) is 48.5 Å². The minimum absolute atomic E-state index is 0.159. The molecule has 0 bridgehead atoms. The molecule has 0 aliphatic heterocycles. The first-order chi connectivity index (χ1) is 10.5. The summed E-state index contributed by atoms with van der Waals surface area (Å²) in [5.41, 5.74) is 1.39. The third kappa shape index (κ3) is 4.31. The number of nitrogens with one attached hydrogen (secondary N) is 1. The van der Waals surface area contributed by atoms with Gasteiger partial charge >= 0.3 is 0 Å². The largest absolute Gasteiger partial charge is 0.325 e. The molecule has 0 radical (unpaired) electrons. The highest BCUT2D eigenvalue weighted by Gasteiger charge is 2.18. The topological polar surface area (TPSA) is 29.1 Å². The molecule has 0 aliphatic rings. The van der Waals surface area contributed by atoms with Crippen LogP contribution < -0.4 is 5.32 Å². The van der Waals surface area contributed by atoms with Crippen LogP contribution in [0.3, 0.4) is 0 Å². The van der Waals surface area contributed by atoms with Gasteiger partial charge in [-0.25, -0.2) is 8.78 Å². The standard InChI is InChI=1S/C17H17F2NOS/c1-11(13-6-4-3-5-7-13)22-12(2)17(21)20-14-8-9-15(18)16(19)10-14/h3-12H,1-2H3,(H,20,21). The molecular formula is C17H17F2NOS.